The molecule has 1 heteroatoms. The third kappa shape index (κ3) is 3.35. The molecule has 1 N–H and O–H groups in total. The van der Waals surface area contributed by atoms with Crippen LogP contribution in [0.5, 0.6) is 0 Å². The molecular formula is C12H20O. The first kappa shape index (κ1) is 10.5. The summed E-state index contributed by atoms with van der Waals surface area (Å²) < 4.78 is 0. The van der Waals surface area contributed by atoms with Gasteiger partial charge in [0.1, 0.15) is 0 Å². The van der Waals surface area contributed by atoms with Crippen LogP contribution in [0.3, 0.4) is 0 Å². The summed E-state index contributed by atoms with van der Waals surface area (Å²) in [6, 6.07) is 0. The van der Waals surface area contributed by atoms with E-state index in [1.807, 2.05) is 0 Å². The van der Waals surface area contributed by atoms with Crippen molar-refractivity contribution in [3.63, 3.8) is 0 Å². The average Bonchev–Trinajstić information content (AvgIpc) is 1.94. The molecule has 13 heavy (non-hydrogen) atoms. The van der Waals surface area contributed by atoms with E-state index in [1.165, 1.54) is 11.1 Å². The van der Waals surface area contributed by atoms with E-state index in [1.54, 1.807) is 0 Å². The maximum Gasteiger partial charge on any atom is 0.0583 e. The number of hydrogen-bond donors (Lipinski definition) is 1. The molecule has 0 radical (unpaired) electrons. The average molecular weight is 180 g/mol. The minimum absolute atomic E-state index is 0.154. The molecule has 0 aromatic rings. The highest BCUT2D eigenvalue weighted by Crippen LogP contribution is 2.31. The van der Waals surface area contributed by atoms with Crippen molar-refractivity contribution >= 4 is 0 Å². The second-order valence-corrected chi connectivity index (χ2v) is 5.04. The van der Waals surface area contributed by atoms with E-state index in [-0.39, 0.29) is 11.5 Å². The third-order valence-electron chi connectivity index (χ3n) is 2.30. The molecule has 74 valence electrons. The normalized spacial score (nSPS) is 28.2. The summed E-state index contributed by atoms with van der Waals surface area (Å²) >= 11 is 0. The number of aliphatic hydroxyl groups excluding tert-OH is 1. The van der Waals surface area contributed by atoms with E-state index in [0.29, 0.717) is 0 Å². The zero-order chi connectivity index (χ0) is 10.1. The molecule has 1 fully saturated rings. The maximum atomic E-state index is 9.51. The van der Waals surface area contributed by atoms with Crippen molar-refractivity contribution in [3.8, 4) is 0 Å². The van der Waals surface area contributed by atoms with Crippen LogP contribution in [0.15, 0.2) is 23.8 Å². The van der Waals surface area contributed by atoms with Crippen molar-refractivity contribution in [1.29, 1.82) is 0 Å². The lowest BCUT2D eigenvalue weighted by atomic mass is 9.83. The highest BCUT2D eigenvalue weighted by Gasteiger charge is 2.19. The molecule has 0 heterocycles. The van der Waals surface area contributed by atoms with Crippen molar-refractivity contribution in [2.24, 2.45) is 5.41 Å². The van der Waals surface area contributed by atoms with Crippen molar-refractivity contribution in [3.05, 3.63) is 23.8 Å². The van der Waals surface area contributed by atoms with E-state index in [0.717, 1.165) is 19.3 Å². The summed E-state index contributed by atoms with van der Waals surface area (Å²) in [5, 5.41) is 9.51. The van der Waals surface area contributed by atoms with Gasteiger partial charge in [-0.1, -0.05) is 39.0 Å². The highest BCUT2D eigenvalue weighted by atomic mass is 16.3. The first-order chi connectivity index (χ1) is 5.88. The fourth-order valence-corrected chi connectivity index (χ4v) is 1.69. The smallest absolute Gasteiger partial charge is 0.0583 e. The van der Waals surface area contributed by atoms with Gasteiger partial charge in [0.25, 0.3) is 0 Å². The van der Waals surface area contributed by atoms with Gasteiger partial charge in [0.05, 0.1) is 6.10 Å². The minimum atomic E-state index is -0.154. The van der Waals surface area contributed by atoms with Crippen LogP contribution in [0.2, 0.25) is 0 Å². The molecule has 0 aromatic heterocycles. The molecule has 1 nitrogen and oxygen atoms in total. The zero-order valence-electron chi connectivity index (χ0n) is 8.93. The van der Waals surface area contributed by atoms with Crippen molar-refractivity contribution in [1.82, 2.24) is 0 Å². The first-order valence-electron chi connectivity index (χ1n) is 4.96. The van der Waals surface area contributed by atoms with Crippen LogP contribution in [0.4, 0.5) is 0 Å². The lowest BCUT2D eigenvalue weighted by molar-refractivity contribution is 0.157. The maximum absolute atomic E-state index is 9.51. The van der Waals surface area contributed by atoms with Crippen LogP contribution in [0.25, 0.3) is 0 Å². The largest absolute Gasteiger partial charge is 0.393 e. The van der Waals surface area contributed by atoms with Gasteiger partial charge in [0, 0.05) is 0 Å². The summed E-state index contributed by atoms with van der Waals surface area (Å²) in [5.41, 5.74) is 2.65. The monoisotopic (exact) mass is 180 g/mol. The second-order valence-electron chi connectivity index (χ2n) is 5.04. The molecule has 0 bridgehead atoms. The second kappa shape index (κ2) is 3.67. The van der Waals surface area contributed by atoms with Crippen LogP contribution >= 0.6 is 0 Å². The van der Waals surface area contributed by atoms with Gasteiger partial charge in [0.15, 0.2) is 0 Å². The Balaban J connectivity index is 2.77. The van der Waals surface area contributed by atoms with Gasteiger partial charge in [-0.3, -0.25) is 0 Å². The van der Waals surface area contributed by atoms with Gasteiger partial charge in [-0.05, 0) is 30.3 Å². The molecule has 1 aliphatic rings. The molecule has 1 atom stereocenters. The molecule has 0 aliphatic heterocycles. The molecule has 1 rings (SSSR count). The van der Waals surface area contributed by atoms with Gasteiger partial charge in [-0.25, -0.2) is 0 Å². The van der Waals surface area contributed by atoms with E-state index >= 15 is 0 Å². The topological polar surface area (TPSA) is 20.2 Å². The quantitative estimate of drug-likeness (QED) is 0.607. The summed E-state index contributed by atoms with van der Waals surface area (Å²) in [4.78, 5) is 0. The standard InChI is InChI=1S/C12H20O/c1-9-5-6-11(13)7-10(9)8-12(2,3)4/h8,11,13H,1,5-7H2,2-4H3. The number of allylic oxidation sites excluding steroid dienone is 2. The molecule has 0 aromatic carbocycles. The van der Waals surface area contributed by atoms with Gasteiger partial charge >= 0.3 is 0 Å². The Bertz CT molecular complexity index is 230. The Hall–Kier alpha value is -0.560. The summed E-state index contributed by atoms with van der Waals surface area (Å²) in [7, 11) is 0. The molecule has 0 saturated heterocycles. The van der Waals surface area contributed by atoms with Crippen molar-refractivity contribution in [2.75, 3.05) is 0 Å². The van der Waals surface area contributed by atoms with Crippen LogP contribution < -0.4 is 0 Å². The predicted octanol–water partition coefficient (Wildman–Crippen LogP) is 3.06. The van der Waals surface area contributed by atoms with Gasteiger partial charge < -0.3 is 5.11 Å². The molecule has 1 aliphatic carbocycles. The first-order valence-corrected chi connectivity index (χ1v) is 4.96. The molecule has 1 unspecified atom stereocenters. The van der Waals surface area contributed by atoms with Crippen LogP contribution in [-0.2, 0) is 0 Å². The summed E-state index contributed by atoms with van der Waals surface area (Å²) in [6.45, 7) is 10.6. The zero-order valence-corrected chi connectivity index (χ0v) is 8.93. The van der Waals surface area contributed by atoms with Gasteiger partial charge in [0.2, 0.25) is 0 Å². The lowest BCUT2D eigenvalue weighted by Gasteiger charge is -2.25. The van der Waals surface area contributed by atoms with E-state index in [9.17, 15) is 5.11 Å². The summed E-state index contributed by atoms with van der Waals surface area (Å²) in [6.07, 6.45) is 4.69. The molecule has 1 saturated carbocycles. The van der Waals surface area contributed by atoms with E-state index in [4.69, 9.17) is 0 Å². The Morgan fingerprint density at radius 3 is 2.62 bits per heavy atom. The number of hydrogen-bond acceptors (Lipinski definition) is 1. The molecule has 0 spiro atoms. The van der Waals surface area contributed by atoms with Gasteiger partial charge in [-0.15, -0.1) is 0 Å². The minimum Gasteiger partial charge on any atom is -0.393 e. The van der Waals surface area contributed by atoms with E-state index in [2.05, 4.69) is 33.4 Å². The SMILES string of the molecule is C=C1CCC(O)CC1=CC(C)(C)C. The Kier molecular flexibility index (Phi) is 2.97. The fraction of sp³-hybridized carbons (Fsp3) is 0.667. The molecular weight excluding hydrogens is 160 g/mol. The van der Waals surface area contributed by atoms with Crippen LogP contribution in [0, 0.1) is 5.41 Å². The highest BCUT2D eigenvalue weighted by molar-refractivity contribution is 5.32. The Morgan fingerprint density at radius 2 is 2.08 bits per heavy atom. The summed E-state index contributed by atoms with van der Waals surface area (Å²) in [5.74, 6) is 0. The van der Waals surface area contributed by atoms with Crippen molar-refractivity contribution < 1.29 is 5.11 Å². The third-order valence-corrected chi connectivity index (χ3v) is 2.30. The molecule has 0 amide bonds. The Labute approximate surface area is 81.2 Å². The number of aliphatic hydroxyl groups is 1. The van der Waals surface area contributed by atoms with Crippen LogP contribution in [-0.4, -0.2) is 11.2 Å². The van der Waals surface area contributed by atoms with Crippen LogP contribution in [0.1, 0.15) is 40.0 Å². The lowest BCUT2D eigenvalue weighted by Crippen LogP contribution is -2.16. The number of rotatable bonds is 0. The van der Waals surface area contributed by atoms with Gasteiger partial charge in [-0.2, -0.15) is 0 Å². The van der Waals surface area contributed by atoms with Crippen molar-refractivity contribution in [2.45, 2.75) is 46.1 Å². The van der Waals surface area contributed by atoms with E-state index < -0.39 is 0 Å². The fourth-order valence-electron chi connectivity index (χ4n) is 1.69. The Morgan fingerprint density at radius 1 is 1.46 bits per heavy atom. The predicted molar refractivity (Wildman–Crippen MR) is 56.5 cm³/mol.